The van der Waals surface area contributed by atoms with Crippen molar-refractivity contribution >= 4 is 30.1 Å². The van der Waals surface area contributed by atoms with E-state index in [-0.39, 0.29) is 11.8 Å². The quantitative estimate of drug-likeness (QED) is 0.596. The van der Waals surface area contributed by atoms with Crippen LogP contribution in [0.1, 0.15) is 13.8 Å². The summed E-state index contributed by atoms with van der Waals surface area (Å²) in [6.45, 7) is 3.49. The fourth-order valence-electron chi connectivity index (χ4n) is 1.76. The molecule has 2 amide bonds. The second-order valence-electron chi connectivity index (χ2n) is 4.44. The Bertz CT molecular complexity index is 442. The van der Waals surface area contributed by atoms with Crippen LogP contribution in [0.5, 0.6) is 0 Å². The number of nitrogens with zero attached hydrogens (tertiary/aromatic N) is 1. The molecular weight excluding hydrogens is 222 g/mol. The van der Waals surface area contributed by atoms with E-state index in [1.807, 2.05) is 6.07 Å². The fourth-order valence-corrected chi connectivity index (χ4v) is 1.98. The zero-order valence-corrected chi connectivity index (χ0v) is 10.1. The molecule has 0 spiro atoms. The molecule has 0 saturated carbocycles. The molecule has 0 N–H and O–H groups in total. The van der Waals surface area contributed by atoms with Crippen LogP contribution < -0.4 is 4.90 Å². The van der Waals surface area contributed by atoms with Crippen LogP contribution in [0.2, 0.25) is 0 Å². The highest BCUT2D eigenvalue weighted by atomic mass is 32.1. The summed E-state index contributed by atoms with van der Waals surface area (Å²) in [5.74, 6) is -0.437. The molecule has 2 rings (SSSR count). The smallest absolute Gasteiger partial charge is 0.247 e. The third-order valence-electron chi connectivity index (χ3n) is 2.91. The first-order valence-corrected chi connectivity index (χ1v) is 5.59. The van der Waals surface area contributed by atoms with Crippen molar-refractivity contribution in [2.45, 2.75) is 19.1 Å². The number of imide groups is 1. The lowest BCUT2D eigenvalue weighted by molar-refractivity contribution is -0.124. The third-order valence-corrected chi connectivity index (χ3v) is 3.77. The van der Waals surface area contributed by atoms with Crippen LogP contribution in [0.4, 0.5) is 5.69 Å². The van der Waals surface area contributed by atoms with Crippen molar-refractivity contribution in [3.63, 3.8) is 0 Å². The van der Waals surface area contributed by atoms with Crippen LogP contribution in [-0.2, 0) is 9.59 Å². The largest absolute Gasteiger partial charge is 0.273 e. The highest BCUT2D eigenvalue weighted by Crippen LogP contribution is 2.38. The number of carbonyl (C=O) groups is 2. The van der Waals surface area contributed by atoms with E-state index >= 15 is 0 Å². The monoisotopic (exact) mass is 235 g/mol. The summed E-state index contributed by atoms with van der Waals surface area (Å²) in [4.78, 5) is 25.3. The Labute approximate surface area is 99.9 Å². The zero-order chi connectivity index (χ0) is 11.9. The van der Waals surface area contributed by atoms with Crippen LogP contribution in [0.25, 0.3) is 0 Å². The molecule has 0 aliphatic carbocycles. The van der Waals surface area contributed by atoms with Crippen LogP contribution in [0.3, 0.4) is 0 Å². The number of benzene rings is 1. The Morgan fingerprint density at radius 1 is 1.19 bits per heavy atom. The molecule has 1 aliphatic rings. The highest BCUT2D eigenvalue weighted by molar-refractivity contribution is 7.82. The summed E-state index contributed by atoms with van der Waals surface area (Å²) in [5.41, 5.74) is -0.127. The first-order chi connectivity index (χ1) is 7.46. The molecule has 1 saturated heterocycles. The van der Waals surface area contributed by atoms with E-state index in [9.17, 15) is 9.59 Å². The molecule has 1 fully saturated rings. The number of anilines is 1. The maximum Gasteiger partial charge on any atom is 0.247 e. The minimum atomic E-state index is -0.740. The molecule has 16 heavy (non-hydrogen) atoms. The maximum atomic E-state index is 12.1. The topological polar surface area (TPSA) is 37.4 Å². The standard InChI is InChI=1S/C12H13NO2S/c1-12(2)9(16)10(14)13(11(12)15)8-6-4-3-5-7-8/h3-7,9,16H,1-2H3. The Morgan fingerprint density at radius 2 is 1.75 bits per heavy atom. The second kappa shape index (κ2) is 3.63. The number of carbonyl (C=O) groups excluding carboxylic acids is 2. The van der Waals surface area contributed by atoms with Gasteiger partial charge in [0.25, 0.3) is 0 Å². The number of rotatable bonds is 1. The van der Waals surface area contributed by atoms with E-state index in [2.05, 4.69) is 12.6 Å². The van der Waals surface area contributed by atoms with Crippen molar-refractivity contribution in [3.05, 3.63) is 30.3 Å². The Kier molecular flexibility index (Phi) is 2.54. The minimum Gasteiger partial charge on any atom is -0.273 e. The van der Waals surface area contributed by atoms with Crippen molar-refractivity contribution in [2.75, 3.05) is 4.90 Å². The summed E-state index contributed by atoms with van der Waals surface area (Å²) < 4.78 is 0. The number of hydrogen-bond donors (Lipinski definition) is 1. The van der Waals surface area contributed by atoms with Gasteiger partial charge >= 0.3 is 0 Å². The first-order valence-electron chi connectivity index (χ1n) is 5.08. The van der Waals surface area contributed by atoms with Gasteiger partial charge in [0.15, 0.2) is 0 Å². The number of para-hydroxylation sites is 1. The summed E-state index contributed by atoms with van der Waals surface area (Å²) in [7, 11) is 0. The van der Waals surface area contributed by atoms with E-state index in [1.165, 1.54) is 4.90 Å². The van der Waals surface area contributed by atoms with Gasteiger partial charge in [-0.25, -0.2) is 4.90 Å². The molecular formula is C12H13NO2S. The average Bonchev–Trinajstić information content (AvgIpc) is 2.42. The van der Waals surface area contributed by atoms with Gasteiger partial charge in [-0.2, -0.15) is 12.6 Å². The van der Waals surface area contributed by atoms with Crippen LogP contribution in [-0.4, -0.2) is 17.1 Å². The molecule has 84 valence electrons. The molecule has 1 aromatic carbocycles. The third kappa shape index (κ3) is 1.45. The van der Waals surface area contributed by atoms with E-state index in [1.54, 1.807) is 38.1 Å². The number of hydrogen-bond acceptors (Lipinski definition) is 3. The van der Waals surface area contributed by atoms with Crippen molar-refractivity contribution in [1.82, 2.24) is 0 Å². The van der Waals surface area contributed by atoms with Crippen molar-refractivity contribution in [3.8, 4) is 0 Å². The van der Waals surface area contributed by atoms with E-state index in [0.717, 1.165) is 0 Å². The Hall–Kier alpha value is -1.29. The summed E-state index contributed by atoms with van der Waals surface area (Å²) in [5, 5.41) is -0.569. The molecule has 4 heteroatoms. The summed E-state index contributed by atoms with van der Waals surface area (Å²) in [6, 6.07) is 8.94. The molecule has 1 atom stereocenters. The van der Waals surface area contributed by atoms with Gasteiger partial charge in [-0.3, -0.25) is 9.59 Å². The maximum absolute atomic E-state index is 12.1. The van der Waals surface area contributed by atoms with Crippen molar-refractivity contribution in [1.29, 1.82) is 0 Å². The molecule has 1 unspecified atom stereocenters. The van der Waals surface area contributed by atoms with Crippen molar-refractivity contribution in [2.24, 2.45) is 5.41 Å². The zero-order valence-electron chi connectivity index (χ0n) is 9.18. The van der Waals surface area contributed by atoms with Gasteiger partial charge in [-0.05, 0) is 26.0 Å². The van der Waals surface area contributed by atoms with Crippen LogP contribution in [0.15, 0.2) is 30.3 Å². The second-order valence-corrected chi connectivity index (χ2v) is 4.95. The molecule has 0 aromatic heterocycles. The minimum absolute atomic E-state index is 0.191. The van der Waals surface area contributed by atoms with Crippen LogP contribution >= 0.6 is 12.6 Å². The number of amides is 2. The van der Waals surface area contributed by atoms with Gasteiger partial charge in [0.1, 0.15) is 0 Å². The predicted octanol–water partition coefficient (Wildman–Crippen LogP) is 1.88. The lowest BCUT2D eigenvalue weighted by Crippen LogP contribution is -2.32. The molecule has 0 bridgehead atoms. The molecule has 1 heterocycles. The van der Waals surface area contributed by atoms with Gasteiger partial charge in [-0.1, -0.05) is 18.2 Å². The highest BCUT2D eigenvalue weighted by Gasteiger charge is 2.52. The normalized spacial score (nSPS) is 23.9. The molecule has 0 radical (unpaired) electrons. The number of thiol groups is 1. The molecule has 1 aliphatic heterocycles. The van der Waals surface area contributed by atoms with Gasteiger partial charge in [0.2, 0.25) is 11.8 Å². The summed E-state index contributed by atoms with van der Waals surface area (Å²) in [6.07, 6.45) is 0. The Balaban J connectivity index is 2.45. The van der Waals surface area contributed by atoms with E-state index in [0.29, 0.717) is 5.69 Å². The Morgan fingerprint density at radius 3 is 2.19 bits per heavy atom. The van der Waals surface area contributed by atoms with Crippen molar-refractivity contribution < 1.29 is 9.59 Å². The van der Waals surface area contributed by atoms with Gasteiger partial charge in [0, 0.05) is 0 Å². The summed E-state index contributed by atoms with van der Waals surface area (Å²) >= 11 is 4.22. The first kappa shape index (κ1) is 11.2. The average molecular weight is 235 g/mol. The van der Waals surface area contributed by atoms with Gasteiger partial charge < -0.3 is 0 Å². The van der Waals surface area contributed by atoms with E-state index in [4.69, 9.17) is 0 Å². The molecule has 3 nitrogen and oxygen atoms in total. The predicted molar refractivity (Wildman–Crippen MR) is 65.5 cm³/mol. The SMILES string of the molecule is CC1(C)C(=O)N(c2ccccc2)C(=O)C1S. The molecule has 1 aromatic rings. The lowest BCUT2D eigenvalue weighted by Gasteiger charge is -2.18. The van der Waals surface area contributed by atoms with E-state index < -0.39 is 10.7 Å². The van der Waals surface area contributed by atoms with Gasteiger partial charge in [0.05, 0.1) is 16.4 Å². The lowest BCUT2D eigenvalue weighted by atomic mass is 9.91. The fraction of sp³-hybridized carbons (Fsp3) is 0.333. The van der Waals surface area contributed by atoms with Gasteiger partial charge in [-0.15, -0.1) is 0 Å². The van der Waals surface area contributed by atoms with Crippen LogP contribution in [0, 0.1) is 5.41 Å².